The Bertz CT molecular complexity index is 968. The zero-order valence-electron chi connectivity index (χ0n) is 19.1. The number of nitrogens with zero attached hydrogens (tertiary/aromatic N) is 1. The van der Waals surface area contributed by atoms with Gasteiger partial charge >= 0.3 is 5.97 Å². The Balaban J connectivity index is 1.96. The summed E-state index contributed by atoms with van der Waals surface area (Å²) in [6.45, 7) is 3.37. The van der Waals surface area contributed by atoms with Crippen molar-refractivity contribution in [1.82, 2.24) is 4.90 Å². The molecule has 0 amide bonds. The number of methoxy groups -OCH3 is 1. The first-order valence-corrected chi connectivity index (χ1v) is 11.0. The van der Waals surface area contributed by atoms with Crippen molar-refractivity contribution in [2.75, 3.05) is 13.7 Å². The Kier molecular flexibility index (Phi) is 8.87. The van der Waals surface area contributed by atoms with Crippen LogP contribution in [0, 0.1) is 0 Å². The van der Waals surface area contributed by atoms with E-state index in [4.69, 9.17) is 9.47 Å². The van der Waals surface area contributed by atoms with Gasteiger partial charge in [-0.3, -0.25) is 4.90 Å². The van der Waals surface area contributed by atoms with Crippen LogP contribution >= 0.6 is 0 Å². The largest absolute Gasteiger partial charge is 0.493 e. The van der Waals surface area contributed by atoms with Gasteiger partial charge in [-0.2, -0.15) is 0 Å². The zero-order chi connectivity index (χ0) is 23.6. The molecule has 0 aliphatic carbocycles. The highest BCUT2D eigenvalue weighted by molar-refractivity contribution is 5.73. The highest BCUT2D eigenvalue weighted by Crippen LogP contribution is 2.30. The van der Waals surface area contributed by atoms with Gasteiger partial charge in [-0.15, -0.1) is 0 Å². The van der Waals surface area contributed by atoms with Crippen LogP contribution in [0.25, 0.3) is 0 Å². The van der Waals surface area contributed by atoms with Gasteiger partial charge in [0.25, 0.3) is 0 Å². The standard InChI is InChI=1S/C27H31NO5/c1-3-33-25-17-22(14-15-24(25)32-2)16-23(26(29)27(30)31)28(18-20-10-6-4-7-11-20)19-21-12-8-5-9-13-21/h4-15,17,23,26,29H,3,16,18-19H2,1-2H3,(H,30,31). The molecule has 0 bridgehead atoms. The molecule has 0 radical (unpaired) electrons. The van der Waals surface area contributed by atoms with Crippen molar-refractivity contribution >= 4 is 5.97 Å². The first kappa shape index (κ1) is 24.3. The minimum atomic E-state index is -1.56. The van der Waals surface area contributed by atoms with E-state index in [9.17, 15) is 15.0 Å². The number of hydrogen-bond donors (Lipinski definition) is 2. The molecule has 33 heavy (non-hydrogen) atoms. The quantitative estimate of drug-likeness (QED) is 0.432. The highest BCUT2D eigenvalue weighted by atomic mass is 16.5. The van der Waals surface area contributed by atoms with E-state index in [0.29, 0.717) is 37.6 Å². The van der Waals surface area contributed by atoms with Crippen molar-refractivity contribution in [3.8, 4) is 11.5 Å². The van der Waals surface area contributed by atoms with E-state index in [2.05, 4.69) is 0 Å². The second-order valence-electron chi connectivity index (χ2n) is 7.85. The van der Waals surface area contributed by atoms with E-state index in [0.717, 1.165) is 16.7 Å². The van der Waals surface area contributed by atoms with Crippen LogP contribution in [-0.2, 0) is 24.3 Å². The molecule has 0 heterocycles. The van der Waals surface area contributed by atoms with Gasteiger partial charge in [-0.05, 0) is 42.2 Å². The van der Waals surface area contributed by atoms with Crippen LogP contribution in [0.5, 0.6) is 11.5 Å². The molecule has 0 saturated carbocycles. The molecule has 2 atom stereocenters. The molecule has 3 rings (SSSR count). The molecule has 2 unspecified atom stereocenters. The Hall–Kier alpha value is -3.35. The Morgan fingerprint density at radius 2 is 1.45 bits per heavy atom. The number of aliphatic hydroxyl groups is 1. The lowest BCUT2D eigenvalue weighted by Gasteiger charge is -2.34. The van der Waals surface area contributed by atoms with Crippen molar-refractivity contribution < 1.29 is 24.5 Å². The maximum Gasteiger partial charge on any atom is 0.334 e. The van der Waals surface area contributed by atoms with Crippen LogP contribution in [0.2, 0.25) is 0 Å². The average molecular weight is 450 g/mol. The lowest BCUT2D eigenvalue weighted by molar-refractivity contribution is -0.151. The van der Waals surface area contributed by atoms with E-state index in [-0.39, 0.29) is 0 Å². The van der Waals surface area contributed by atoms with E-state index < -0.39 is 18.1 Å². The molecule has 0 aliphatic heterocycles. The molecule has 0 fully saturated rings. The lowest BCUT2D eigenvalue weighted by atomic mass is 9.97. The van der Waals surface area contributed by atoms with Crippen molar-refractivity contribution in [1.29, 1.82) is 0 Å². The molecule has 3 aromatic carbocycles. The van der Waals surface area contributed by atoms with Gasteiger partial charge in [0.15, 0.2) is 17.6 Å². The predicted molar refractivity (Wildman–Crippen MR) is 127 cm³/mol. The van der Waals surface area contributed by atoms with Crippen LogP contribution in [0.1, 0.15) is 23.6 Å². The molecule has 0 spiro atoms. The van der Waals surface area contributed by atoms with Crippen LogP contribution < -0.4 is 9.47 Å². The Labute approximate surface area is 195 Å². The number of carboxylic acid groups (broad SMARTS) is 1. The molecular formula is C27H31NO5. The highest BCUT2D eigenvalue weighted by Gasteiger charge is 2.32. The van der Waals surface area contributed by atoms with E-state index >= 15 is 0 Å². The van der Waals surface area contributed by atoms with Gasteiger partial charge in [0.2, 0.25) is 0 Å². The predicted octanol–water partition coefficient (Wildman–Crippen LogP) is 4.15. The van der Waals surface area contributed by atoms with E-state index in [1.165, 1.54) is 0 Å². The summed E-state index contributed by atoms with van der Waals surface area (Å²) in [5.41, 5.74) is 2.94. The third kappa shape index (κ3) is 6.81. The molecule has 174 valence electrons. The smallest absolute Gasteiger partial charge is 0.334 e. The number of carbonyl (C=O) groups is 1. The normalized spacial score (nSPS) is 12.8. The third-order valence-electron chi connectivity index (χ3n) is 5.52. The SMILES string of the molecule is CCOc1cc(CC(C(O)C(=O)O)N(Cc2ccccc2)Cc2ccccc2)ccc1OC. The molecule has 0 aromatic heterocycles. The number of rotatable bonds is 12. The minimum Gasteiger partial charge on any atom is -0.493 e. The van der Waals surface area contributed by atoms with Crippen molar-refractivity contribution in [2.45, 2.75) is 38.6 Å². The van der Waals surface area contributed by atoms with Gasteiger partial charge in [0.05, 0.1) is 19.8 Å². The topological polar surface area (TPSA) is 79.2 Å². The summed E-state index contributed by atoms with van der Waals surface area (Å²) in [5.74, 6) is -0.0373. The number of carboxylic acids is 1. The summed E-state index contributed by atoms with van der Waals surface area (Å²) in [4.78, 5) is 13.9. The van der Waals surface area contributed by atoms with Crippen LogP contribution in [-0.4, -0.2) is 46.9 Å². The summed E-state index contributed by atoms with van der Waals surface area (Å²) in [5, 5.41) is 20.5. The lowest BCUT2D eigenvalue weighted by Crippen LogP contribution is -2.47. The zero-order valence-corrected chi connectivity index (χ0v) is 19.1. The van der Waals surface area contributed by atoms with E-state index in [1.54, 1.807) is 7.11 Å². The van der Waals surface area contributed by atoms with Crippen LogP contribution in [0.4, 0.5) is 0 Å². The maximum atomic E-state index is 11.9. The van der Waals surface area contributed by atoms with Crippen molar-refractivity contribution in [3.63, 3.8) is 0 Å². The van der Waals surface area contributed by atoms with Gasteiger partial charge in [-0.1, -0.05) is 66.7 Å². The van der Waals surface area contributed by atoms with Gasteiger partial charge in [0.1, 0.15) is 0 Å². The Morgan fingerprint density at radius 3 is 1.94 bits per heavy atom. The second kappa shape index (κ2) is 12.0. The van der Waals surface area contributed by atoms with Gasteiger partial charge < -0.3 is 19.7 Å². The monoisotopic (exact) mass is 449 g/mol. The molecule has 2 N–H and O–H groups in total. The second-order valence-corrected chi connectivity index (χ2v) is 7.85. The molecule has 6 heteroatoms. The maximum absolute atomic E-state index is 11.9. The Morgan fingerprint density at radius 1 is 0.879 bits per heavy atom. The fraction of sp³-hybridized carbons (Fsp3) is 0.296. The fourth-order valence-electron chi connectivity index (χ4n) is 3.89. The summed E-state index contributed by atoms with van der Waals surface area (Å²) in [7, 11) is 1.58. The first-order valence-electron chi connectivity index (χ1n) is 11.0. The van der Waals surface area contributed by atoms with Crippen molar-refractivity contribution in [2.24, 2.45) is 0 Å². The number of aliphatic carboxylic acids is 1. The average Bonchev–Trinajstić information content (AvgIpc) is 2.83. The molecular weight excluding hydrogens is 418 g/mol. The molecule has 0 saturated heterocycles. The molecule has 6 nitrogen and oxygen atoms in total. The number of ether oxygens (including phenoxy) is 2. The fourth-order valence-corrected chi connectivity index (χ4v) is 3.89. The van der Waals surface area contributed by atoms with Crippen LogP contribution in [0.3, 0.4) is 0 Å². The van der Waals surface area contributed by atoms with Gasteiger partial charge in [0, 0.05) is 13.1 Å². The number of aliphatic hydroxyl groups excluding tert-OH is 1. The van der Waals surface area contributed by atoms with Crippen molar-refractivity contribution in [3.05, 3.63) is 95.6 Å². The molecule has 0 aliphatic rings. The third-order valence-corrected chi connectivity index (χ3v) is 5.52. The summed E-state index contributed by atoms with van der Waals surface area (Å²) in [6.07, 6.45) is -1.23. The number of benzene rings is 3. The van der Waals surface area contributed by atoms with Crippen LogP contribution in [0.15, 0.2) is 78.9 Å². The first-order chi connectivity index (χ1) is 16.0. The summed E-state index contributed by atoms with van der Waals surface area (Å²) >= 11 is 0. The molecule has 3 aromatic rings. The van der Waals surface area contributed by atoms with E-state index in [1.807, 2.05) is 90.7 Å². The minimum absolute atomic E-state index is 0.331. The van der Waals surface area contributed by atoms with Gasteiger partial charge in [-0.25, -0.2) is 4.79 Å². The number of hydrogen-bond acceptors (Lipinski definition) is 5. The summed E-state index contributed by atoms with van der Waals surface area (Å²) < 4.78 is 11.1. The summed E-state index contributed by atoms with van der Waals surface area (Å²) in [6, 6.07) is 24.6.